The van der Waals surface area contributed by atoms with Crippen molar-refractivity contribution in [2.24, 2.45) is 5.84 Å². The maximum Gasteiger partial charge on any atom is 0.387 e. The fourth-order valence-electron chi connectivity index (χ4n) is 2.08. The van der Waals surface area contributed by atoms with Gasteiger partial charge in [0.1, 0.15) is 5.75 Å². The normalized spacial score (nSPS) is 12.6. The fraction of sp³-hybridized carbons (Fsp3) is 0.357. The van der Waals surface area contributed by atoms with Gasteiger partial charge in [-0.3, -0.25) is 16.0 Å². The molecule has 0 aliphatic rings. The van der Waals surface area contributed by atoms with Gasteiger partial charge in [-0.1, -0.05) is 12.1 Å². The van der Waals surface area contributed by atoms with Gasteiger partial charge in [0.15, 0.2) is 0 Å². The second kappa shape index (κ2) is 7.14. The van der Waals surface area contributed by atoms with E-state index < -0.39 is 6.61 Å². The molecule has 1 aromatic heterocycles. The van der Waals surface area contributed by atoms with E-state index in [-0.39, 0.29) is 11.8 Å². The number of benzene rings is 1. The first-order valence-electron chi connectivity index (χ1n) is 6.64. The number of hydrogen-bond donors (Lipinski definition) is 2. The Labute approximate surface area is 121 Å². The van der Waals surface area contributed by atoms with Crippen molar-refractivity contribution in [1.82, 2.24) is 15.2 Å². The molecule has 2 aromatic rings. The van der Waals surface area contributed by atoms with Crippen LogP contribution in [0.1, 0.15) is 24.1 Å². The highest BCUT2D eigenvalue weighted by atomic mass is 19.3. The van der Waals surface area contributed by atoms with Crippen LogP contribution in [0.5, 0.6) is 5.75 Å². The Morgan fingerprint density at radius 2 is 2.05 bits per heavy atom. The van der Waals surface area contributed by atoms with Crippen LogP contribution in [-0.2, 0) is 13.0 Å². The number of rotatable bonds is 7. The Bertz CT molecular complexity index is 556. The Morgan fingerprint density at radius 1 is 1.33 bits per heavy atom. The van der Waals surface area contributed by atoms with Gasteiger partial charge >= 0.3 is 6.61 Å². The largest absolute Gasteiger partial charge is 0.435 e. The Morgan fingerprint density at radius 3 is 2.57 bits per heavy atom. The first-order valence-corrected chi connectivity index (χ1v) is 6.64. The number of halogens is 2. The lowest BCUT2D eigenvalue weighted by atomic mass is 10.0. The molecule has 114 valence electrons. The third-order valence-corrected chi connectivity index (χ3v) is 3.16. The zero-order chi connectivity index (χ0) is 15.2. The topological polar surface area (TPSA) is 65.1 Å². The van der Waals surface area contributed by atoms with Gasteiger partial charge in [0.2, 0.25) is 0 Å². The van der Waals surface area contributed by atoms with E-state index in [9.17, 15) is 8.78 Å². The number of ether oxygens (including phenoxy) is 1. The summed E-state index contributed by atoms with van der Waals surface area (Å²) in [6.45, 7) is -0.00319. The molecule has 1 aromatic carbocycles. The van der Waals surface area contributed by atoms with Crippen molar-refractivity contribution in [3.63, 3.8) is 0 Å². The van der Waals surface area contributed by atoms with Gasteiger partial charge in [0.05, 0.1) is 12.2 Å². The monoisotopic (exact) mass is 296 g/mol. The molecule has 0 saturated carbocycles. The van der Waals surface area contributed by atoms with Crippen LogP contribution in [0.2, 0.25) is 0 Å². The highest BCUT2D eigenvalue weighted by molar-refractivity contribution is 5.30. The zero-order valence-electron chi connectivity index (χ0n) is 11.7. The molecule has 21 heavy (non-hydrogen) atoms. The molecule has 2 rings (SSSR count). The average molecular weight is 296 g/mol. The van der Waals surface area contributed by atoms with Crippen LogP contribution in [0.4, 0.5) is 8.78 Å². The predicted octanol–water partition coefficient (Wildman–Crippen LogP) is 2.25. The Hall–Kier alpha value is -1.99. The standard InChI is InChI=1S/C14H18F2N4O/c1-2-20-9-10(8-18-20)7-13(19-17)11-3-5-12(6-4-11)21-14(15)16/h3-6,8-9,13-14,19H,2,7,17H2,1H3. The maximum absolute atomic E-state index is 12.1. The number of alkyl halides is 2. The van der Waals surface area contributed by atoms with Gasteiger partial charge < -0.3 is 4.74 Å². The van der Waals surface area contributed by atoms with Crippen molar-refractivity contribution >= 4 is 0 Å². The molecular weight excluding hydrogens is 278 g/mol. The van der Waals surface area contributed by atoms with E-state index in [0.717, 1.165) is 17.7 Å². The lowest BCUT2D eigenvalue weighted by Crippen LogP contribution is -2.29. The van der Waals surface area contributed by atoms with Crippen molar-refractivity contribution < 1.29 is 13.5 Å². The molecule has 0 amide bonds. The van der Waals surface area contributed by atoms with Gasteiger partial charge in [-0.2, -0.15) is 13.9 Å². The van der Waals surface area contributed by atoms with E-state index in [0.29, 0.717) is 6.42 Å². The first-order chi connectivity index (χ1) is 10.1. The summed E-state index contributed by atoms with van der Waals surface area (Å²) >= 11 is 0. The molecule has 0 saturated heterocycles. The number of nitrogens with one attached hydrogen (secondary N) is 1. The van der Waals surface area contributed by atoms with E-state index in [1.807, 2.05) is 17.8 Å². The van der Waals surface area contributed by atoms with Gasteiger partial charge in [0, 0.05) is 12.7 Å². The highest BCUT2D eigenvalue weighted by Gasteiger charge is 2.12. The molecule has 5 nitrogen and oxygen atoms in total. The summed E-state index contributed by atoms with van der Waals surface area (Å²) in [7, 11) is 0. The van der Waals surface area contributed by atoms with Crippen LogP contribution >= 0.6 is 0 Å². The number of aromatic nitrogens is 2. The Kier molecular flexibility index (Phi) is 5.24. The molecule has 1 heterocycles. The summed E-state index contributed by atoms with van der Waals surface area (Å²) in [5.74, 6) is 5.71. The SMILES string of the molecule is CCn1cc(CC(NN)c2ccc(OC(F)F)cc2)cn1. The maximum atomic E-state index is 12.1. The van der Waals surface area contributed by atoms with Gasteiger partial charge in [0.25, 0.3) is 0 Å². The van der Waals surface area contributed by atoms with Gasteiger partial charge in [-0.05, 0) is 36.6 Å². The lowest BCUT2D eigenvalue weighted by Gasteiger charge is -2.16. The number of nitrogens with zero attached hydrogens (tertiary/aromatic N) is 2. The van der Waals surface area contributed by atoms with E-state index in [1.165, 1.54) is 12.1 Å². The van der Waals surface area contributed by atoms with E-state index in [2.05, 4.69) is 15.3 Å². The summed E-state index contributed by atoms with van der Waals surface area (Å²) in [6, 6.07) is 6.31. The smallest absolute Gasteiger partial charge is 0.387 e. The van der Waals surface area contributed by atoms with E-state index in [1.54, 1.807) is 18.3 Å². The van der Waals surface area contributed by atoms with Crippen LogP contribution in [0.15, 0.2) is 36.7 Å². The lowest BCUT2D eigenvalue weighted by molar-refractivity contribution is -0.0498. The summed E-state index contributed by atoms with van der Waals surface area (Å²) in [6.07, 6.45) is 4.41. The van der Waals surface area contributed by atoms with Gasteiger partial charge in [-0.15, -0.1) is 0 Å². The minimum atomic E-state index is -2.82. The average Bonchev–Trinajstić information content (AvgIpc) is 2.93. The minimum Gasteiger partial charge on any atom is -0.435 e. The number of aryl methyl sites for hydroxylation is 1. The van der Waals surface area contributed by atoms with Crippen molar-refractivity contribution in [3.05, 3.63) is 47.8 Å². The Balaban J connectivity index is 2.06. The summed E-state index contributed by atoms with van der Waals surface area (Å²) < 4.78 is 30.4. The second-order valence-electron chi connectivity index (χ2n) is 4.58. The number of hydrogen-bond acceptors (Lipinski definition) is 4. The minimum absolute atomic E-state index is 0.125. The highest BCUT2D eigenvalue weighted by Crippen LogP contribution is 2.21. The molecule has 0 aliphatic carbocycles. The molecule has 1 atom stereocenters. The zero-order valence-corrected chi connectivity index (χ0v) is 11.7. The molecule has 0 fully saturated rings. The number of hydrazine groups is 1. The quantitative estimate of drug-likeness (QED) is 0.607. The molecule has 0 spiro atoms. The third kappa shape index (κ3) is 4.24. The molecule has 3 N–H and O–H groups in total. The second-order valence-corrected chi connectivity index (χ2v) is 4.58. The van der Waals surface area contributed by atoms with E-state index in [4.69, 9.17) is 5.84 Å². The first kappa shape index (κ1) is 15.4. The molecular formula is C14H18F2N4O. The molecule has 7 heteroatoms. The summed E-state index contributed by atoms with van der Waals surface area (Å²) in [5, 5.41) is 4.21. The molecule has 0 aliphatic heterocycles. The van der Waals surface area contributed by atoms with Crippen LogP contribution in [-0.4, -0.2) is 16.4 Å². The van der Waals surface area contributed by atoms with Crippen LogP contribution < -0.4 is 16.0 Å². The third-order valence-electron chi connectivity index (χ3n) is 3.16. The molecule has 1 unspecified atom stereocenters. The van der Waals surface area contributed by atoms with Crippen LogP contribution in [0.25, 0.3) is 0 Å². The fourth-order valence-corrected chi connectivity index (χ4v) is 2.08. The predicted molar refractivity (Wildman–Crippen MR) is 74.7 cm³/mol. The van der Waals surface area contributed by atoms with E-state index >= 15 is 0 Å². The number of nitrogens with two attached hydrogens (primary N) is 1. The van der Waals surface area contributed by atoms with Crippen LogP contribution in [0.3, 0.4) is 0 Å². The van der Waals surface area contributed by atoms with Crippen LogP contribution in [0, 0.1) is 0 Å². The summed E-state index contributed by atoms with van der Waals surface area (Å²) in [4.78, 5) is 0. The molecule has 0 radical (unpaired) electrons. The van der Waals surface area contributed by atoms with Crippen molar-refractivity contribution in [1.29, 1.82) is 0 Å². The van der Waals surface area contributed by atoms with Crippen molar-refractivity contribution in [2.75, 3.05) is 0 Å². The summed E-state index contributed by atoms with van der Waals surface area (Å²) in [5.41, 5.74) is 4.67. The van der Waals surface area contributed by atoms with Gasteiger partial charge in [-0.25, -0.2) is 0 Å². The van der Waals surface area contributed by atoms with Crippen molar-refractivity contribution in [2.45, 2.75) is 32.5 Å². The molecule has 0 bridgehead atoms. The van der Waals surface area contributed by atoms with Crippen molar-refractivity contribution in [3.8, 4) is 5.75 Å².